The molecule has 0 bridgehead atoms. The van der Waals surface area contributed by atoms with Crippen molar-refractivity contribution in [2.75, 3.05) is 18.5 Å². The van der Waals surface area contributed by atoms with Gasteiger partial charge in [-0.2, -0.15) is 4.39 Å². The van der Waals surface area contributed by atoms with E-state index in [1.807, 2.05) is 0 Å². The van der Waals surface area contributed by atoms with Crippen LogP contribution in [0.3, 0.4) is 0 Å². The molecule has 124 valence electrons. The van der Waals surface area contributed by atoms with Crippen LogP contribution in [0, 0.1) is 11.6 Å². The number of nitrogens with zero attached hydrogens (tertiary/aromatic N) is 1. The third kappa shape index (κ3) is 2.46. The molecule has 1 aliphatic heterocycles. The van der Waals surface area contributed by atoms with Gasteiger partial charge in [0.15, 0.2) is 17.9 Å². The van der Waals surface area contributed by atoms with Crippen molar-refractivity contribution in [3.63, 3.8) is 0 Å². The molecule has 8 heteroatoms. The van der Waals surface area contributed by atoms with E-state index in [2.05, 4.69) is 10.5 Å². The largest absolute Gasteiger partial charge is 0.391 e. The lowest BCUT2D eigenvalue weighted by molar-refractivity contribution is -0.0467. The van der Waals surface area contributed by atoms with Crippen LogP contribution >= 0.6 is 0 Å². The van der Waals surface area contributed by atoms with Gasteiger partial charge in [-0.1, -0.05) is 5.16 Å². The molecular formula is C15H16F2N2O4. The Morgan fingerprint density at radius 3 is 2.65 bits per heavy atom. The maximum atomic E-state index is 14.2. The number of aromatic nitrogens is 1. The lowest BCUT2D eigenvalue weighted by Crippen LogP contribution is -2.28. The van der Waals surface area contributed by atoms with E-state index < -0.39 is 24.0 Å². The van der Waals surface area contributed by atoms with Gasteiger partial charge in [0.05, 0.1) is 30.7 Å². The van der Waals surface area contributed by atoms with Gasteiger partial charge in [0.25, 0.3) is 0 Å². The monoisotopic (exact) mass is 326 g/mol. The summed E-state index contributed by atoms with van der Waals surface area (Å²) < 4.78 is 43.8. The number of benzene rings is 1. The fourth-order valence-electron chi connectivity index (χ4n) is 3.13. The van der Waals surface area contributed by atoms with Crippen LogP contribution in [0.4, 0.5) is 14.6 Å². The first-order valence-electron chi connectivity index (χ1n) is 7.60. The number of hydrogen-bond donors (Lipinski definition) is 2. The van der Waals surface area contributed by atoms with Crippen LogP contribution in [0.15, 0.2) is 10.6 Å². The fraction of sp³-hybridized carbons (Fsp3) is 0.533. The molecule has 2 atom stereocenters. The Bertz CT molecular complexity index is 730. The van der Waals surface area contributed by atoms with E-state index in [1.165, 1.54) is 6.07 Å². The van der Waals surface area contributed by atoms with Crippen molar-refractivity contribution in [2.24, 2.45) is 0 Å². The van der Waals surface area contributed by atoms with Gasteiger partial charge in [0.2, 0.25) is 11.4 Å². The number of hydrogen-bond acceptors (Lipinski definition) is 6. The molecule has 4 rings (SSSR count). The molecule has 23 heavy (non-hydrogen) atoms. The van der Waals surface area contributed by atoms with Crippen molar-refractivity contribution >= 4 is 16.8 Å². The number of halogens is 2. The molecule has 0 amide bonds. The van der Waals surface area contributed by atoms with Crippen LogP contribution in [0.25, 0.3) is 11.0 Å². The molecule has 2 aliphatic rings. The zero-order chi connectivity index (χ0) is 16.0. The van der Waals surface area contributed by atoms with Gasteiger partial charge in [-0.05, 0) is 25.3 Å². The second kappa shape index (κ2) is 5.70. The summed E-state index contributed by atoms with van der Waals surface area (Å²) in [5.74, 6) is -1.90. The maximum absolute atomic E-state index is 14.2. The Morgan fingerprint density at radius 1 is 1.17 bits per heavy atom. The highest BCUT2D eigenvalue weighted by Gasteiger charge is 2.30. The molecular weight excluding hydrogens is 310 g/mol. The van der Waals surface area contributed by atoms with Crippen LogP contribution in [0.1, 0.15) is 31.1 Å². The van der Waals surface area contributed by atoms with E-state index >= 15 is 0 Å². The highest BCUT2D eigenvalue weighted by molar-refractivity contribution is 5.89. The van der Waals surface area contributed by atoms with Gasteiger partial charge in [0.1, 0.15) is 0 Å². The number of rotatable bonds is 3. The summed E-state index contributed by atoms with van der Waals surface area (Å²) in [6.07, 6.45) is 0.945. The topological polar surface area (TPSA) is 76.8 Å². The molecule has 6 nitrogen and oxygen atoms in total. The molecule has 1 saturated heterocycles. The molecule has 2 heterocycles. The summed E-state index contributed by atoms with van der Waals surface area (Å²) in [6.45, 7) is 0.652. The Hall–Kier alpha value is -1.77. The average molecular weight is 326 g/mol. The Labute approximate surface area is 130 Å². The number of anilines is 1. The molecule has 0 spiro atoms. The molecule has 1 aromatic heterocycles. The third-order valence-electron chi connectivity index (χ3n) is 4.35. The lowest BCUT2D eigenvalue weighted by Gasteiger charge is -2.16. The van der Waals surface area contributed by atoms with Gasteiger partial charge in [0, 0.05) is 5.56 Å². The molecule has 1 aromatic carbocycles. The first-order valence-corrected chi connectivity index (χ1v) is 7.60. The summed E-state index contributed by atoms with van der Waals surface area (Å²) in [7, 11) is 0. The summed E-state index contributed by atoms with van der Waals surface area (Å²) in [6, 6.07) is 1.24. The van der Waals surface area contributed by atoms with Crippen molar-refractivity contribution in [1.29, 1.82) is 0 Å². The van der Waals surface area contributed by atoms with E-state index in [1.54, 1.807) is 0 Å². The van der Waals surface area contributed by atoms with Gasteiger partial charge in [-0.3, -0.25) is 0 Å². The van der Waals surface area contributed by atoms with Gasteiger partial charge in [-0.15, -0.1) is 0 Å². The number of aliphatic hydroxyl groups is 1. The van der Waals surface area contributed by atoms with Crippen molar-refractivity contribution in [3.8, 4) is 0 Å². The number of aliphatic hydroxyl groups excluding tert-OH is 1. The van der Waals surface area contributed by atoms with Crippen LogP contribution in [0.5, 0.6) is 0 Å². The van der Waals surface area contributed by atoms with Crippen molar-refractivity contribution < 1.29 is 27.9 Å². The zero-order valence-electron chi connectivity index (χ0n) is 12.2. The minimum atomic E-state index is -1.12. The van der Waals surface area contributed by atoms with Crippen molar-refractivity contribution in [3.05, 3.63) is 23.3 Å². The fourth-order valence-corrected chi connectivity index (χ4v) is 3.13. The summed E-state index contributed by atoms with van der Waals surface area (Å²) in [5, 5.41) is 17.0. The second-order valence-corrected chi connectivity index (χ2v) is 5.82. The second-order valence-electron chi connectivity index (χ2n) is 5.82. The minimum absolute atomic E-state index is 0.0225. The first kappa shape index (κ1) is 14.8. The summed E-state index contributed by atoms with van der Waals surface area (Å²) >= 11 is 0. The first-order chi connectivity index (χ1) is 11.1. The molecule has 2 fully saturated rings. The van der Waals surface area contributed by atoms with E-state index in [9.17, 15) is 13.9 Å². The summed E-state index contributed by atoms with van der Waals surface area (Å²) in [4.78, 5) is 0. The predicted octanol–water partition coefficient (Wildman–Crippen LogP) is 2.48. The van der Waals surface area contributed by atoms with Crippen LogP contribution in [-0.2, 0) is 9.47 Å². The molecule has 0 radical (unpaired) electrons. The lowest BCUT2D eigenvalue weighted by atomic mass is 10.1. The third-order valence-corrected chi connectivity index (χ3v) is 4.35. The van der Waals surface area contributed by atoms with Gasteiger partial charge >= 0.3 is 0 Å². The van der Waals surface area contributed by atoms with Crippen molar-refractivity contribution in [2.45, 2.75) is 37.7 Å². The van der Waals surface area contributed by atoms with Crippen molar-refractivity contribution in [1.82, 2.24) is 5.16 Å². The summed E-state index contributed by atoms with van der Waals surface area (Å²) in [5.41, 5.74) is -0.287. The quantitative estimate of drug-likeness (QED) is 0.902. The highest BCUT2D eigenvalue weighted by atomic mass is 19.2. The number of nitrogens with one attached hydrogen (secondary N) is 1. The van der Waals surface area contributed by atoms with E-state index in [0.29, 0.717) is 25.0 Å². The Morgan fingerprint density at radius 2 is 1.96 bits per heavy atom. The van der Waals surface area contributed by atoms with Crippen LogP contribution in [-0.4, -0.2) is 35.6 Å². The number of fused-ring (bicyclic) bond motifs is 1. The molecule has 1 saturated carbocycles. The average Bonchev–Trinajstić information content (AvgIpc) is 3.26. The smallest absolute Gasteiger partial charge is 0.207 e. The molecule has 1 aliphatic carbocycles. The highest BCUT2D eigenvalue weighted by Crippen LogP contribution is 2.35. The Balaban J connectivity index is 1.74. The van der Waals surface area contributed by atoms with Gasteiger partial charge < -0.3 is 24.4 Å². The maximum Gasteiger partial charge on any atom is 0.207 e. The predicted molar refractivity (Wildman–Crippen MR) is 75.8 cm³/mol. The standard InChI is InChI=1S/C15H16F2N2O4/c16-11-7(15-21-4-5-22-15)6-8-13(12(11)17)23-19-14(8)18-9-2-1-3-10(9)20/h6,9-10,15,20H,1-5H2,(H,18,19)/t9-,10-/m0/s1. The van der Waals surface area contributed by atoms with Gasteiger partial charge in [-0.25, -0.2) is 4.39 Å². The van der Waals surface area contributed by atoms with E-state index in [4.69, 9.17) is 14.0 Å². The molecule has 2 aromatic rings. The Kier molecular flexibility index (Phi) is 3.67. The van der Waals surface area contributed by atoms with Crippen LogP contribution < -0.4 is 5.32 Å². The SMILES string of the molecule is O[C@H]1CCC[C@@H]1Nc1noc2c(F)c(F)c(C3OCCO3)cc12. The minimum Gasteiger partial charge on any atom is -0.391 e. The van der Waals surface area contributed by atoms with Crippen LogP contribution in [0.2, 0.25) is 0 Å². The molecule has 2 N–H and O–H groups in total. The van der Waals surface area contributed by atoms with E-state index in [-0.39, 0.29) is 23.0 Å². The zero-order valence-corrected chi connectivity index (χ0v) is 12.2. The number of ether oxygens (including phenoxy) is 2. The normalized spacial score (nSPS) is 25.5. The molecule has 0 unspecified atom stereocenters. The van der Waals surface area contributed by atoms with E-state index in [0.717, 1.165) is 12.8 Å².